The molecule has 0 aliphatic carbocycles. The Morgan fingerprint density at radius 3 is 2.38 bits per heavy atom. The number of benzene rings is 1. The molecular weight excluding hydrogens is 332 g/mol. The largest absolute Gasteiger partial charge is 0.490 e. The first kappa shape index (κ1) is 19.8. The molecule has 0 aromatic heterocycles. The molecule has 2 amide bonds. The second kappa shape index (κ2) is 8.74. The normalized spacial score (nSPS) is 15.3. The number of nitrogens with one attached hydrogen (secondary N) is 1. The molecule has 26 heavy (non-hydrogen) atoms. The van der Waals surface area contributed by atoms with Crippen molar-refractivity contribution in [3.8, 4) is 5.75 Å². The number of carbonyl (C=O) groups is 2. The number of nitrogens with zero attached hydrogens (tertiary/aromatic N) is 1. The van der Waals surface area contributed by atoms with Gasteiger partial charge in [0.15, 0.2) is 0 Å². The molecule has 1 aromatic carbocycles. The first-order valence-electron chi connectivity index (χ1n) is 8.91. The van der Waals surface area contributed by atoms with Gasteiger partial charge in [-0.1, -0.05) is 12.7 Å². The van der Waals surface area contributed by atoms with Gasteiger partial charge in [0.25, 0.3) is 5.91 Å². The van der Waals surface area contributed by atoms with Gasteiger partial charge in [-0.3, -0.25) is 4.79 Å². The second-order valence-corrected chi connectivity index (χ2v) is 7.34. The molecule has 142 valence electrons. The lowest BCUT2D eigenvalue weighted by Gasteiger charge is -2.33. The topological polar surface area (TPSA) is 67.9 Å². The first-order chi connectivity index (χ1) is 12.3. The molecule has 1 heterocycles. The smallest absolute Gasteiger partial charge is 0.410 e. The van der Waals surface area contributed by atoms with E-state index in [1.54, 1.807) is 35.2 Å². The highest BCUT2D eigenvalue weighted by Crippen LogP contribution is 2.17. The van der Waals surface area contributed by atoms with E-state index < -0.39 is 5.60 Å². The number of amides is 2. The summed E-state index contributed by atoms with van der Waals surface area (Å²) in [6.45, 7) is 10.7. The van der Waals surface area contributed by atoms with Gasteiger partial charge in [0.1, 0.15) is 18.0 Å². The summed E-state index contributed by atoms with van der Waals surface area (Å²) in [5.74, 6) is 0.586. The summed E-state index contributed by atoms with van der Waals surface area (Å²) in [5.41, 5.74) is 0.0921. The van der Waals surface area contributed by atoms with Gasteiger partial charge in [0.05, 0.1) is 0 Å². The Hall–Kier alpha value is -2.50. The highest BCUT2D eigenvalue weighted by Gasteiger charge is 2.27. The minimum atomic E-state index is -0.496. The Kier molecular flexibility index (Phi) is 6.66. The highest BCUT2D eigenvalue weighted by molar-refractivity contribution is 5.94. The van der Waals surface area contributed by atoms with Gasteiger partial charge in [-0.15, -0.1) is 0 Å². The van der Waals surface area contributed by atoms with E-state index in [9.17, 15) is 9.59 Å². The van der Waals surface area contributed by atoms with E-state index in [4.69, 9.17) is 9.47 Å². The number of piperidine rings is 1. The lowest BCUT2D eigenvalue weighted by Crippen LogP contribution is -2.47. The van der Waals surface area contributed by atoms with Gasteiger partial charge in [-0.25, -0.2) is 4.79 Å². The molecule has 0 spiro atoms. The minimum absolute atomic E-state index is 0.0536. The molecule has 0 bridgehead atoms. The molecule has 0 radical (unpaired) electrons. The molecule has 1 N–H and O–H groups in total. The van der Waals surface area contributed by atoms with Crippen molar-refractivity contribution >= 4 is 12.0 Å². The zero-order valence-corrected chi connectivity index (χ0v) is 15.8. The molecule has 6 nitrogen and oxygen atoms in total. The fourth-order valence-electron chi connectivity index (χ4n) is 2.66. The van der Waals surface area contributed by atoms with E-state index >= 15 is 0 Å². The standard InChI is InChI=1S/C20H28N2O4/c1-5-14-25-17-8-6-15(7-9-17)18(23)21-16-10-12-22(13-11-16)19(24)26-20(2,3)4/h5-9,16H,1,10-14H2,2-4H3,(H,21,23). The van der Waals surface area contributed by atoms with Crippen LogP contribution < -0.4 is 10.1 Å². The number of carbonyl (C=O) groups excluding carboxylic acids is 2. The third kappa shape index (κ3) is 6.10. The number of likely N-dealkylation sites (tertiary alicyclic amines) is 1. The quantitative estimate of drug-likeness (QED) is 0.818. The lowest BCUT2D eigenvalue weighted by molar-refractivity contribution is 0.0199. The Balaban J connectivity index is 1.80. The predicted molar refractivity (Wildman–Crippen MR) is 100 cm³/mol. The van der Waals surface area contributed by atoms with Gasteiger partial charge in [-0.2, -0.15) is 0 Å². The van der Waals surface area contributed by atoms with Crippen molar-refractivity contribution in [2.45, 2.75) is 45.3 Å². The van der Waals surface area contributed by atoms with Crippen molar-refractivity contribution in [2.75, 3.05) is 19.7 Å². The maximum atomic E-state index is 12.4. The van der Waals surface area contributed by atoms with Crippen LogP contribution in [0.15, 0.2) is 36.9 Å². The van der Waals surface area contributed by atoms with Crippen molar-refractivity contribution in [2.24, 2.45) is 0 Å². The highest BCUT2D eigenvalue weighted by atomic mass is 16.6. The van der Waals surface area contributed by atoms with E-state index in [0.717, 1.165) is 0 Å². The maximum Gasteiger partial charge on any atom is 0.410 e. The van der Waals surface area contributed by atoms with Crippen LogP contribution in [0.4, 0.5) is 4.79 Å². The number of rotatable bonds is 5. The van der Waals surface area contributed by atoms with Crippen LogP contribution in [0, 0.1) is 0 Å². The monoisotopic (exact) mass is 360 g/mol. The van der Waals surface area contributed by atoms with Crippen LogP contribution >= 0.6 is 0 Å². The Labute approximate surface area is 155 Å². The average Bonchev–Trinajstić information content (AvgIpc) is 2.59. The molecule has 1 fully saturated rings. The summed E-state index contributed by atoms with van der Waals surface area (Å²) in [7, 11) is 0. The Morgan fingerprint density at radius 1 is 1.23 bits per heavy atom. The summed E-state index contributed by atoms with van der Waals surface area (Å²) < 4.78 is 10.8. The zero-order chi connectivity index (χ0) is 19.2. The summed E-state index contributed by atoms with van der Waals surface area (Å²) in [6.07, 6.45) is 2.80. The van der Waals surface area contributed by atoms with Crippen LogP contribution in [0.2, 0.25) is 0 Å². The first-order valence-corrected chi connectivity index (χ1v) is 8.91. The third-order valence-corrected chi connectivity index (χ3v) is 3.97. The molecule has 0 unspecified atom stereocenters. The molecular formula is C20H28N2O4. The molecule has 6 heteroatoms. The summed E-state index contributed by atoms with van der Waals surface area (Å²) >= 11 is 0. The molecule has 0 atom stereocenters. The van der Waals surface area contributed by atoms with Crippen LogP contribution in [0.1, 0.15) is 44.0 Å². The van der Waals surface area contributed by atoms with Crippen LogP contribution in [-0.2, 0) is 4.74 Å². The molecule has 2 rings (SSSR count). The van der Waals surface area contributed by atoms with Gasteiger partial charge < -0.3 is 19.7 Å². The second-order valence-electron chi connectivity index (χ2n) is 7.34. The molecule has 0 saturated carbocycles. The van der Waals surface area contributed by atoms with Crippen LogP contribution in [0.25, 0.3) is 0 Å². The van der Waals surface area contributed by atoms with Crippen molar-refractivity contribution in [3.05, 3.63) is 42.5 Å². The fourth-order valence-corrected chi connectivity index (χ4v) is 2.66. The van der Waals surface area contributed by atoms with Gasteiger partial charge in [0.2, 0.25) is 0 Å². The molecule has 1 aliphatic rings. The fraction of sp³-hybridized carbons (Fsp3) is 0.500. The number of ether oxygens (including phenoxy) is 2. The van der Waals surface area contributed by atoms with E-state index in [2.05, 4.69) is 11.9 Å². The van der Waals surface area contributed by atoms with Crippen LogP contribution in [0.5, 0.6) is 5.75 Å². The summed E-state index contributed by atoms with van der Waals surface area (Å²) in [5, 5.41) is 3.03. The summed E-state index contributed by atoms with van der Waals surface area (Å²) in [6, 6.07) is 7.07. The molecule has 1 aliphatic heterocycles. The van der Waals surface area contributed by atoms with Crippen molar-refractivity contribution in [1.29, 1.82) is 0 Å². The van der Waals surface area contributed by atoms with E-state index in [1.165, 1.54) is 0 Å². The summed E-state index contributed by atoms with van der Waals surface area (Å²) in [4.78, 5) is 26.1. The average molecular weight is 360 g/mol. The van der Waals surface area contributed by atoms with Gasteiger partial charge in [0, 0.05) is 24.7 Å². The zero-order valence-electron chi connectivity index (χ0n) is 15.8. The third-order valence-electron chi connectivity index (χ3n) is 3.97. The van der Waals surface area contributed by atoms with Crippen molar-refractivity contribution in [1.82, 2.24) is 10.2 Å². The Bertz CT molecular complexity index is 626. The molecule has 1 saturated heterocycles. The van der Waals surface area contributed by atoms with Crippen LogP contribution in [-0.4, -0.2) is 48.2 Å². The lowest BCUT2D eigenvalue weighted by atomic mass is 10.0. The van der Waals surface area contributed by atoms with Crippen LogP contribution in [0.3, 0.4) is 0 Å². The number of hydrogen-bond acceptors (Lipinski definition) is 4. The van der Waals surface area contributed by atoms with E-state index in [1.807, 2.05) is 20.8 Å². The molecule has 1 aromatic rings. The maximum absolute atomic E-state index is 12.4. The number of hydrogen-bond donors (Lipinski definition) is 1. The predicted octanol–water partition coefficient (Wildman–Crippen LogP) is 3.38. The van der Waals surface area contributed by atoms with Gasteiger partial charge >= 0.3 is 6.09 Å². The Morgan fingerprint density at radius 2 is 1.85 bits per heavy atom. The SMILES string of the molecule is C=CCOc1ccc(C(=O)NC2CCN(C(=O)OC(C)(C)C)CC2)cc1. The van der Waals surface area contributed by atoms with Crippen molar-refractivity contribution in [3.63, 3.8) is 0 Å². The van der Waals surface area contributed by atoms with E-state index in [-0.39, 0.29) is 18.0 Å². The van der Waals surface area contributed by atoms with E-state index in [0.29, 0.717) is 43.9 Å². The van der Waals surface area contributed by atoms with Gasteiger partial charge in [-0.05, 0) is 57.9 Å². The minimum Gasteiger partial charge on any atom is -0.490 e. The van der Waals surface area contributed by atoms with Crippen molar-refractivity contribution < 1.29 is 19.1 Å².